The molecular formula is C15H21NO4. The first-order valence-corrected chi connectivity index (χ1v) is 6.53. The second-order valence-electron chi connectivity index (χ2n) is 4.91. The molecule has 0 aliphatic heterocycles. The lowest BCUT2D eigenvalue weighted by atomic mass is 10.0. The van der Waals surface area contributed by atoms with Gasteiger partial charge in [0.15, 0.2) is 0 Å². The van der Waals surface area contributed by atoms with E-state index in [1.807, 2.05) is 36.9 Å². The Labute approximate surface area is 119 Å². The Morgan fingerprint density at radius 3 is 2.35 bits per heavy atom. The van der Waals surface area contributed by atoms with E-state index in [2.05, 4.69) is 4.74 Å². The van der Waals surface area contributed by atoms with Crippen LogP contribution in [0.25, 0.3) is 0 Å². The van der Waals surface area contributed by atoms with Crippen molar-refractivity contribution in [1.29, 1.82) is 0 Å². The lowest BCUT2D eigenvalue weighted by molar-refractivity contribution is -0.142. The number of carboxylic acids is 1. The van der Waals surface area contributed by atoms with Gasteiger partial charge in [0.25, 0.3) is 0 Å². The molecule has 110 valence electrons. The van der Waals surface area contributed by atoms with Crippen molar-refractivity contribution in [3.05, 3.63) is 35.4 Å². The molecule has 0 radical (unpaired) electrons. The Morgan fingerprint density at radius 2 is 1.85 bits per heavy atom. The zero-order chi connectivity index (χ0) is 15.1. The van der Waals surface area contributed by atoms with Crippen LogP contribution in [-0.4, -0.2) is 41.6 Å². The molecule has 1 N–H and O–H groups in total. The zero-order valence-electron chi connectivity index (χ0n) is 12.1. The van der Waals surface area contributed by atoms with E-state index in [9.17, 15) is 9.59 Å². The molecule has 20 heavy (non-hydrogen) atoms. The van der Waals surface area contributed by atoms with E-state index in [-0.39, 0.29) is 25.0 Å². The second kappa shape index (κ2) is 7.65. The first-order chi connectivity index (χ1) is 9.43. The highest BCUT2D eigenvalue weighted by Crippen LogP contribution is 2.14. The summed E-state index contributed by atoms with van der Waals surface area (Å²) in [6.07, 6.45) is -0.0136. The number of carboxylic acid groups (broad SMARTS) is 1. The molecule has 0 spiro atoms. The number of carbonyl (C=O) groups is 2. The number of nitrogens with zero attached hydrogens (tertiary/aromatic N) is 1. The predicted molar refractivity (Wildman–Crippen MR) is 75.3 cm³/mol. The molecular weight excluding hydrogens is 258 g/mol. The summed E-state index contributed by atoms with van der Waals surface area (Å²) in [5.74, 6) is -1.16. The first-order valence-electron chi connectivity index (χ1n) is 6.53. The fourth-order valence-corrected chi connectivity index (χ4v) is 1.92. The number of methoxy groups -OCH3 is 1. The minimum Gasteiger partial charge on any atom is -0.481 e. The van der Waals surface area contributed by atoms with Gasteiger partial charge in [-0.2, -0.15) is 0 Å². The molecule has 5 heteroatoms. The van der Waals surface area contributed by atoms with Gasteiger partial charge in [0.1, 0.15) is 0 Å². The van der Waals surface area contributed by atoms with Gasteiger partial charge in [-0.3, -0.25) is 14.5 Å². The van der Waals surface area contributed by atoms with E-state index in [1.165, 1.54) is 7.11 Å². The molecule has 1 rings (SSSR count). The van der Waals surface area contributed by atoms with Crippen LogP contribution >= 0.6 is 0 Å². The molecule has 0 saturated carbocycles. The van der Waals surface area contributed by atoms with E-state index in [1.54, 1.807) is 6.07 Å². The Hall–Kier alpha value is -1.88. The lowest BCUT2D eigenvalue weighted by Gasteiger charge is -2.26. The van der Waals surface area contributed by atoms with Crippen LogP contribution in [-0.2, 0) is 27.3 Å². The number of ether oxygens (including phenoxy) is 1. The minimum atomic E-state index is -0.860. The van der Waals surface area contributed by atoms with E-state index in [4.69, 9.17) is 5.11 Å². The number of hydrogen-bond acceptors (Lipinski definition) is 4. The van der Waals surface area contributed by atoms with Crippen molar-refractivity contribution in [1.82, 2.24) is 4.90 Å². The lowest BCUT2D eigenvalue weighted by Crippen LogP contribution is -2.36. The van der Waals surface area contributed by atoms with Crippen molar-refractivity contribution in [3.63, 3.8) is 0 Å². The molecule has 0 amide bonds. The normalized spacial score (nSPS) is 10.8. The molecule has 0 aliphatic carbocycles. The molecule has 0 heterocycles. The van der Waals surface area contributed by atoms with Crippen molar-refractivity contribution < 1.29 is 19.4 Å². The average molecular weight is 279 g/mol. The van der Waals surface area contributed by atoms with Crippen molar-refractivity contribution in [3.8, 4) is 0 Å². The summed E-state index contributed by atoms with van der Waals surface area (Å²) < 4.78 is 4.69. The Balaban J connectivity index is 2.87. The van der Waals surface area contributed by atoms with Crippen LogP contribution in [0.15, 0.2) is 24.3 Å². The van der Waals surface area contributed by atoms with Gasteiger partial charge in [0.05, 0.1) is 20.1 Å². The fourth-order valence-electron chi connectivity index (χ4n) is 1.92. The Morgan fingerprint density at radius 1 is 1.25 bits per heavy atom. The van der Waals surface area contributed by atoms with Gasteiger partial charge in [-0.1, -0.05) is 24.3 Å². The minimum absolute atomic E-state index is 0.0136. The number of esters is 1. The Kier molecular flexibility index (Phi) is 6.18. The summed E-state index contributed by atoms with van der Waals surface area (Å²) in [4.78, 5) is 24.2. The number of benzene rings is 1. The highest BCUT2D eigenvalue weighted by molar-refractivity contribution is 5.72. The van der Waals surface area contributed by atoms with Gasteiger partial charge in [-0.25, -0.2) is 0 Å². The summed E-state index contributed by atoms with van der Waals surface area (Å²) >= 11 is 0. The van der Waals surface area contributed by atoms with Crippen LogP contribution in [0.3, 0.4) is 0 Å². The van der Waals surface area contributed by atoms with E-state index in [0.717, 1.165) is 11.1 Å². The monoisotopic (exact) mass is 279 g/mol. The number of carbonyl (C=O) groups excluding carboxylic acids is 1. The summed E-state index contributed by atoms with van der Waals surface area (Å²) in [5.41, 5.74) is 1.70. The van der Waals surface area contributed by atoms with Crippen LogP contribution < -0.4 is 0 Å². The van der Waals surface area contributed by atoms with E-state index < -0.39 is 5.97 Å². The molecule has 0 bridgehead atoms. The van der Waals surface area contributed by atoms with Crippen LogP contribution in [0.1, 0.15) is 25.0 Å². The maximum Gasteiger partial charge on any atom is 0.319 e. The number of hydrogen-bond donors (Lipinski definition) is 1. The SMILES string of the molecule is COC(=O)CN(Cc1ccccc1CC(=O)O)C(C)C. The molecule has 5 nitrogen and oxygen atoms in total. The van der Waals surface area contributed by atoms with Crippen LogP contribution in [0.2, 0.25) is 0 Å². The standard InChI is InChI=1S/C15H21NO4/c1-11(2)16(10-15(19)20-3)9-13-7-5-4-6-12(13)8-14(17)18/h4-7,11H,8-10H2,1-3H3,(H,17,18). The van der Waals surface area contributed by atoms with E-state index in [0.29, 0.717) is 6.54 Å². The highest BCUT2D eigenvalue weighted by Gasteiger charge is 2.16. The van der Waals surface area contributed by atoms with Gasteiger partial charge in [0.2, 0.25) is 0 Å². The molecule has 0 atom stereocenters. The number of rotatable bonds is 7. The van der Waals surface area contributed by atoms with Gasteiger partial charge < -0.3 is 9.84 Å². The smallest absolute Gasteiger partial charge is 0.319 e. The number of aliphatic carboxylic acids is 1. The van der Waals surface area contributed by atoms with Gasteiger partial charge in [0, 0.05) is 12.6 Å². The zero-order valence-corrected chi connectivity index (χ0v) is 12.1. The van der Waals surface area contributed by atoms with Crippen molar-refractivity contribution in [2.24, 2.45) is 0 Å². The second-order valence-corrected chi connectivity index (χ2v) is 4.91. The molecule has 1 aromatic carbocycles. The summed E-state index contributed by atoms with van der Waals surface area (Å²) in [7, 11) is 1.36. The Bertz CT molecular complexity index is 471. The maximum absolute atomic E-state index is 11.4. The molecule has 0 aliphatic rings. The quantitative estimate of drug-likeness (QED) is 0.769. The van der Waals surface area contributed by atoms with Gasteiger partial charge in [-0.15, -0.1) is 0 Å². The third-order valence-corrected chi connectivity index (χ3v) is 3.12. The van der Waals surface area contributed by atoms with Gasteiger partial charge in [-0.05, 0) is 25.0 Å². The van der Waals surface area contributed by atoms with Crippen LogP contribution in [0, 0.1) is 0 Å². The van der Waals surface area contributed by atoms with Crippen molar-refractivity contribution in [2.75, 3.05) is 13.7 Å². The van der Waals surface area contributed by atoms with Crippen LogP contribution in [0.4, 0.5) is 0 Å². The fraction of sp³-hybridized carbons (Fsp3) is 0.467. The molecule has 1 aromatic rings. The maximum atomic E-state index is 11.4. The van der Waals surface area contributed by atoms with Gasteiger partial charge >= 0.3 is 11.9 Å². The first kappa shape index (κ1) is 16.2. The highest BCUT2D eigenvalue weighted by atomic mass is 16.5. The average Bonchev–Trinajstić information content (AvgIpc) is 2.39. The molecule has 0 fully saturated rings. The summed E-state index contributed by atoms with van der Waals surface area (Å²) in [6.45, 7) is 4.69. The largest absolute Gasteiger partial charge is 0.481 e. The third-order valence-electron chi connectivity index (χ3n) is 3.12. The summed E-state index contributed by atoms with van der Waals surface area (Å²) in [5, 5.41) is 8.93. The predicted octanol–water partition coefficient (Wildman–Crippen LogP) is 1.70. The van der Waals surface area contributed by atoms with E-state index >= 15 is 0 Å². The third kappa shape index (κ3) is 5.01. The van der Waals surface area contributed by atoms with Crippen LogP contribution in [0.5, 0.6) is 0 Å². The molecule has 0 unspecified atom stereocenters. The molecule has 0 saturated heterocycles. The molecule has 0 aromatic heterocycles. The van der Waals surface area contributed by atoms with Crippen molar-refractivity contribution in [2.45, 2.75) is 32.9 Å². The topological polar surface area (TPSA) is 66.8 Å². The van der Waals surface area contributed by atoms with Crippen molar-refractivity contribution >= 4 is 11.9 Å². The summed E-state index contributed by atoms with van der Waals surface area (Å²) in [6, 6.07) is 7.55.